The summed E-state index contributed by atoms with van der Waals surface area (Å²) in [5.41, 5.74) is 4.74. The fraction of sp³-hybridized carbons (Fsp3) is 0.758. The largest absolute Gasteiger partial charge is 0.313 e. The van der Waals surface area contributed by atoms with Gasteiger partial charge in [-0.25, -0.2) is 0 Å². The van der Waals surface area contributed by atoms with Crippen molar-refractivity contribution in [2.24, 2.45) is 27.1 Å². The van der Waals surface area contributed by atoms with E-state index in [4.69, 9.17) is 0 Å². The quantitative estimate of drug-likeness (QED) is 0.355. The molecule has 1 heteroatoms. The number of rotatable bonds is 9. The average molecular weight is 470 g/mol. The molecular weight excluding hydrogens is 410 g/mol. The van der Waals surface area contributed by atoms with Crippen LogP contribution in [0.25, 0.3) is 0 Å². The highest BCUT2D eigenvalue weighted by Crippen LogP contribution is 2.62. The van der Waals surface area contributed by atoms with Crippen LogP contribution in [0.5, 0.6) is 0 Å². The van der Waals surface area contributed by atoms with Gasteiger partial charge in [0.25, 0.3) is 0 Å². The molecule has 1 aromatic rings. The van der Waals surface area contributed by atoms with Crippen molar-refractivity contribution in [2.45, 2.75) is 128 Å². The van der Waals surface area contributed by atoms with Crippen molar-refractivity contribution in [2.75, 3.05) is 7.05 Å². The lowest BCUT2D eigenvalue weighted by Gasteiger charge is -2.62. The Morgan fingerprint density at radius 1 is 0.765 bits per heavy atom. The summed E-state index contributed by atoms with van der Waals surface area (Å²) < 4.78 is 0. The molecule has 0 heterocycles. The molecule has 34 heavy (non-hydrogen) atoms. The molecule has 0 radical (unpaired) electrons. The minimum atomic E-state index is -0.111. The van der Waals surface area contributed by atoms with E-state index in [1.807, 2.05) is 0 Å². The van der Waals surface area contributed by atoms with Crippen LogP contribution in [-0.4, -0.2) is 12.6 Å². The molecule has 0 spiro atoms. The van der Waals surface area contributed by atoms with Gasteiger partial charge in [0, 0.05) is 11.5 Å². The Balaban J connectivity index is 3.69. The van der Waals surface area contributed by atoms with Crippen molar-refractivity contribution >= 4 is 0 Å². The summed E-state index contributed by atoms with van der Waals surface area (Å²) in [5.74, 6) is 0.391. The Bertz CT molecular complexity index is 821. The van der Waals surface area contributed by atoms with Crippen LogP contribution in [0, 0.1) is 34.0 Å². The van der Waals surface area contributed by atoms with Crippen molar-refractivity contribution in [3.63, 3.8) is 0 Å². The van der Waals surface area contributed by atoms with Crippen LogP contribution in [0.3, 0.4) is 0 Å². The number of nitrogens with one attached hydrogen (secondary N) is 1. The Morgan fingerprint density at radius 3 is 1.62 bits per heavy atom. The number of allylic oxidation sites excluding steroid dienone is 2. The van der Waals surface area contributed by atoms with E-state index in [0.29, 0.717) is 11.3 Å². The molecule has 0 aliphatic heterocycles. The Labute approximate surface area is 214 Å². The molecule has 1 aromatic carbocycles. The lowest BCUT2D eigenvalue weighted by molar-refractivity contribution is -0.0731. The van der Waals surface area contributed by atoms with Crippen LogP contribution < -0.4 is 5.32 Å². The third-order valence-corrected chi connectivity index (χ3v) is 9.94. The number of hydrogen-bond acceptors (Lipinski definition) is 1. The molecule has 2 unspecified atom stereocenters. The minimum absolute atomic E-state index is 0.0180. The molecule has 0 bridgehead atoms. The predicted octanol–water partition coefficient (Wildman–Crippen LogP) is 9.95. The molecule has 2 atom stereocenters. The van der Waals surface area contributed by atoms with Gasteiger partial charge in [-0.15, -0.1) is 0 Å². The lowest BCUT2D eigenvalue weighted by Crippen LogP contribution is -2.64. The molecule has 0 saturated heterocycles. The summed E-state index contributed by atoms with van der Waals surface area (Å²) in [6, 6.07) is 9.29. The maximum Gasteiger partial charge on any atom is 0.0275 e. The summed E-state index contributed by atoms with van der Waals surface area (Å²) in [6.07, 6.45) is 4.74. The topological polar surface area (TPSA) is 12.0 Å². The van der Waals surface area contributed by atoms with Gasteiger partial charge >= 0.3 is 0 Å². The van der Waals surface area contributed by atoms with Crippen molar-refractivity contribution in [3.8, 4) is 0 Å². The second-order valence-electron chi connectivity index (χ2n) is 15.2. The molecule has 1 rings (SSSR count). The first-order valence-corrected chi connectivity index (χ1v) is 13.5. The standard InChI is InChI=1S/C33H59N/c1-24-17-19-26(20-18-24)27(23-29(6,7)8)33(15,34-16)32(13,14)31(11,12)30(9,10)25(2)21-22-28(3,4)5/h17-21,27,34H,22-23H2,1-16H3/b25-21+. The van der Waals surface area contributed by atoms with Crippen LogP contribution in [0.4, 0.5) is 0 Å². The van der Waals surface area contributed by atoms with Crippen molar-refractivity contribution in [1.29, 1.82) is 0 Å². The summed E-state index contributed by atoms with van der Waals surface area (Å²) >= 11 is 0. The highest BCUT2D eigenvalue weighted by Gasteiger charge is 2.59. The van der Waals surface area contributed by atoms with Gasteiger partial charge in [0.05, 0.1) is 0 Å². The number of likely N-dealkylation sites (N-methyl/N-ethyl adjacent to an activating group) is 1. The van der Waals surface area contributed by atoms with E-state index in [1.165, 1.54) is 16.7 Å². The van der Waals surface area contributed by atoms with Crippen molar-refractivity contribution in [1.82, 2.24) is 5.32 Å². The predicted molar refractivity (Wildman–Crippen MR) is 155 cm³/mol. The molecule has 196 valence electrons. The molecule has 0 aliphatic carbocycles. The zero-order valence-electron chi connectivity index (χ0n) is 25.9. The third kappa shape index (κ3) is 6.37. The minimum Gasteiger partial charge on any atom is -0.313 e. The lowest BCUT2D eigenvalue weighted by atomic mass is 9.45. The van der Waals surface area contributed by atoms with E-state index in [9.17, 15) is 0 Å². The molecular formula is C33H59N. The molecule has 0 saturated carbocycles. The molecule has 1 nitrogen and oxygen atoms in total. The zero-order valence-corrected chi connectivity index (χ0v) is 25.9. The summed E-state index contributed by atoms with van der Waals surface area (Å²) in [6.45, 7) is 36.1. The van der Waals surface area contributed by atoms with Crippen molar-refractivity contribution in [3.05, 3.63) is 47.0 Å². The highest BCUT2D eigenvalue weighted by molar-refractivity contribution is 5.31. The molecule has 1 N–H and O–H groups in total. The van der Waals surface area contributed by atoms with E-state index in [-0.39, 0.29) is 27.2 Å². The first kappa shape index (κ1) is 31.0. The number of aryl methyl sites for hydroxylation is 1. The first-order valence-electron chi connectivity index (χ1n) is 13.5. The summed E-state index contributed by atoms with van der Waals surface area (Å²) in [7, 11) is 2.18. The maximum absolute atomic E-state index is 3.91. The average Bonchev–Trinajstić information content (AvgIpc) is 2.68. The molecule has 0 fully saturated rings. The van der Waals surface area contributed by atoms with Crippen LogP contribution in [0.15, 0.2) is 35.9 Å². The van der Waals surface area contributed by atoms with E-state index in [1.54, 1.807) is 0 Å². The van der Waals surface area contributed by atoms with Gasteiger partial charge in [-0.1, -0.05) is 125 Å². The van der Waals surface area contributed by atoms with E-state index in [2.05, 4.69) is 147 Å². The maximum atomic E-state index is 3.91. The highest BCUT2D eigenvalue weighted by atomic mass is 15.0. The Morgan fingerprint density at radius 2 is 1.24 bits per heavy atom. The summed E-state index contributed by atoms with van der Waals surface area (Å²) in [5, 5.41) is 3.91. The van der Waals surface area contributed by atoms with Crippen LogP contribution in [-0.2, 0) is 0 Å². The van der Waals surface area contributed by atoms with Crippen LogP contribution in [0.1, 0.15) is 127 Å². The van der Waals surface area contributed by atoms with Gasteiger partial charge in [-0.3, -0.25) is 0 Å². The van der Waals surface area contributed by atoms with Crippen molar-refractivity contribution < 1.29 is 0 Å². The molecule has 0 amide bonds. The van der Waals surface area contributed by atoms with E-state index in [0.717, 1.165) is 12.8 Å². The Kier molecular flexibility index (Phi) is 9.21. The van der Waals surface area contributed by atoms with Gasteiger partial charge in [0.2, 0.25) is 0 Å². The van der Waals surface area contributed by atoms with E-state index < -0.39 is 0 Å². The second kappa shape index (κ2) is 10.1. The smallest absolute Gasteiger partial charge is 0.0275 e. The van der Waals surface area contributed by atoms with Gasteiger partial charge < -0.3 is 5.32 Å². The zero-order chi connectivity index (χ0) is 27.0. The number of benzene rings is 1. The summed E-state index contributed by atoms with van der Waals surface area (Å²) in [4.78, 5) is 0. The van der Waals surface area contributed by atoms with Crippen LogP contribution in [0.2, 0.25) is 0 Å². The van der Waals surface area contributed by atoms with Gasteiger partial charge in [0.15, 0.2) is 0 Å². The normalized spacial score (nSPS) is 17.5. The monoisotopic (exact) mass is 469 g/mol. The third-order valence-electron chi connectivity index (χ3n) is 9.94. The van der Waals surface area contributed by atoms with Gasteiger partial charge in [-0.05, 0) is 73.3 Å². The van der Waals surface area contributed by atoms with Gasteiger partial charge in [0.1, 0.15) is 0 Å². The first-order chi connectivity index (χ1) is 15.0. The Hall–Kier alpha value is -1.08. The second-order valence-corrected chi connectivity index (χ2v) is 15.2. The number of hydrogen-bond donors (Lipinski definition) is 1. The van der Waals surface area contributed by atoms with Gasteiger partial charge in [-0.2, -0.15) is 0 Å². The SMILES string of the molecule is CNC(C)(C(CC(C)(C)C)c1ccc(C)cc1)C(C)(C)C(C)(C)C(C)(C)/C(C)=C/CC(C)(C)C. The van der Waals surface area contributed by atoms with E-state index >= 15 is 0 Å². The molecule has 0 aromatic heterocycles. The fourth-order valence-corrected chi connectivity index (χ4v) is 5.63. The van der Waals surface area contributed by atoms with Crippen LogP contribution >= 0.6 is 0 Å². The molecule has 0 aliphatic rings. The fourth-order valence-electron chi connectivity index (χ4n) is 5.63.